The first-order valence-corrected chi connectivity index (χ1v) is 17.8. The van der Waals surface area contributed by atoms with Gasteiger partial charge in [0.25, 0.3) is 0 Å². The van der Waals surface area contributed by atoms with Gasteiger partial charge in [0.2, 0.25) is 21.8 Å². The van der Waals surface area contributed by atoms with Crippen molar-refractivity contribution in [2.45, 2.75) is 70.0 Å². The van der Waals surface area contributed by atoms with E-state index in [-0.39, 0.29) is 43.8 Å². The number of hydrogen-bond acceptors (Lipinski definition) is 5. The van der Waals surface area contributed by atoms with Gasteiger partial charge < -0.3 is 15.0 Å². The van der Waals surface area contributed by atoms with Crippen molar-refractivity contribution >= 4 is 50.7 Å². The first-order valence-electron chi connectivity index (χ1n) is 15.2. The quantitative estimate of drug-likeness (QED) is 0.207. The van der Waals surface area contributed by atoms with Crippen molar-refractivity contribution in [2.75, 3.05) is 24.2 Å². The molecule has 8 nitrogen and oxygen atoms in total. The largest absolute Gasteiger partial charge is 0.497 e. The van der Waals surface area contributed by atoms with Crippen molar-refractivity contribution in [3.05, 3.63) is 94.0 Å². The van der Waals surface area contributed by atoms with Crippen molar-refractivity contribution in [1.82, 2.24) is 10.2 Å². The topological polar surface area (TPSA) is 96.0 Å². The summed E-state index contributed by atoms with van der Waals surface area (Å²) in [6, 6.07) is 20.8. The second-order valence-corrected chi connectivity index (χ2v) is 14.2. The SMILES string of the molecule is COc1ccc(N(CCCC(=O)N(Cc2ccc(Cl)c(Cl)c2)C(Cc2ccccc2)C(=O)NC2CCCCC2)S(C)(=O)=O)cc1. The average Bonchev–Trinajstić information content (AvgIpc) is 3.03. The van der Waals surface area contributed by atoms with Crippen LogP contribution in [0.3, 0.4) is 0 Å². The van der Waals surface area contributed by atoms with Crippen molar-refractivity contribution in [3.63, 3.8) is 0 Å². The smallest absolute Gasteiger partial charge is 0.243 e. The highest BCUT2D eigenvalue weighted by Crippen LogP contribution is 2.26. The Morgan fingerprint density at radius 3 is 2.24 bits per heavy atom. The normalized spacial score (nSPS) is 14.4. The number of benzene rings is 3. The number of carbonyl (C=O) groups is 2. The molecule has 1 saturated carbocycles. The van der Waals surface area contributed by atoms with Gasteiger partial charge in [0, 0.05) is 32.0 Å². The zero-order chi connectivity index (χ0) is 32.4. The Balaban J connectivity index is 1.60. The van der Waals surface area contributed by atoms with Crippen molar-refractivity contribution < 1.29 is 22.7 Å². The highest BCUT2D eigenvalue weighted by molar-refractivity contribution is 7.92. The van der Waals surface area contributed by atoms with E-state index < -0.39 is 16.1 Å². The van der Waals surface area contributed by atoms with Crippen LogP contribution < -0.4 is 14.4 Å². The molecule has 1 N–H and O–H groups in total. The van der Waals surface area contributed by atoms with Gasteiger partial charge >= 0.3 is 0 Å². The van der Waals surface area contributed by atoms with E-state index in [4.69, 9.17) is 27.9 Å². The number of nitrogens with one attached hydrogen (secondary N) is 1. The molecule has 0 aliphatic heterocycles. The molecule has 45 heavy (non-hydrogen) atoms. The standard InChI is InChI=1S/C34H41Cl2N3O5S/c1-44-29-18-16-28(17-19-29)39(45(2,42)43)21-9-14-33(40)38(24-26-15-20-30(35)31(36)22-26)32(23-25-10-5-3-6-11-25)34(41)37-27-12-7-4-8-13-27/h3,5-6,10-11,15-20,22,27,32H,4,7-9,12-14,21,23-24H2,1-2H3,(H,37,41). The molecule has 1 atom stereocenters. The molecule has 11 heteroatoms. The summed E-state index contributed by atoms with van der Waals surface area (Å²) in [4.78, 5) is 29.7. The molecule has 1 aliphatic carbocycles. The summed E-state index contributed by atoms with van der Waals surface area (Å²) in [7, 11) is -2.08. The lowest BCUT2D eigenvalue weighted by atomic mass is 9.94. The lowest BCUT2D eigenvalue weighted by molar-refractivity contribution is -0.141. The summed E-state index contributed by atoms with van der Waals surface area (Å²) < 4.78 is 31.9. The molecule has 4 rings (SSSR count). The van der Waals surface area contributed by atoms with Crippen LogP contribution in [0, 0.1) is 0 Å². The number of rotatable bonds is 14. The van der Waals surface area contributed by atoms with Crippen LogP contribution in [0.1, 0.15) is 56.1 Å². The van der Waals surface area contributed by atoms with E-state index in [0.717, 1.165) is 49.5 Å². The molecule has 0 aromatic heterocycles. The number of methoxy groups -OCH3 is 1. The number of hydrogen-bond donors (Lipinski definition) is 1. The highest BCUT2D eigenvalue weighted by Gasteiger charge is 2.32. The third-order valence-corrected chi connectivity index (χ3v) is 10.0. The van der Waals surface area contributed by atoms with E-state index in [1.54, 1.807) is 54.5 Å². The minimum absolute atomic E-state index is 0.0332. The molecular formula is C34H41Cl2N3O5S. The Morgan fingerprint density at radius 2 is 1.62 bits per heavy atom. The van der Waals surface area contributed by atoms with E-state index >= 15 is 0 Å². The maximum atomic E-state index is 14.1. The molecule has 242 valence electrons. The average molecular weight is 675 g/mol. The van der Waals surface area contributed by atoms with Crippen LogP contribution in [0.5, 0.6) is 5.75 Å². The predicted octanol–water partition coefficient (Wildman–Crippen LogP) is 6.64. The van der Waals surface area contributed by atoms with Crippen LogP contribution in [0.4, 0.5) is 5.69 Å². The Labute approximate surface area is 276 Å². The summed E-state index contributed by atoms with van der Waals surface area (Å²) in [5.74, 6) is 0.149. The van der Waals surface area contributed by atoms with Crippen molar-refractivity contribution in [1.29, 1.82) is 0 Å². The molecule has 1 unspecified atom stereocenters. The maximum Gasteiger partial charge on any atom is 0.243 e. The molecule has 1 aliphatic rings. The van der Waals surface area contributed by atoms with Crippen LogP contribution in [0.2, 0.25) is 10.0 Å². The fourth-order valence-electron chi connectivity index (χ4n) is 5.69. The molecule has 0 spiro atoms. The third-order valence-electron chi connectivity index (χ3n) is 8.07. The summed E-state index contributed by atoms with van der Waals surface area (Å²) in [5, 5.41) is 3.98. The van der Waals surface area contributed by atoms with E-state index in [1.165, 1.54) is 4.31 Å². The Kier molecular flexibility index (Phi) is 12.6. The zero-order valence-corrected chi connectivity index (χ0v) is 28.1. The first kappa shape index (κ1) is 34.6. The maximum absolute atomic E-state index is 14.1. The molecule has 2 amide bonds. The minimum atomic E-state index is -3.62. The van der Waals surface area contributed by atoms with Gasteiger partial charge in [-0.1, -0.05) is 78.9 Å². The van der Waals surface area contributed by atoms with Gasteiger partial charge in [-0.15, -0.1) is 0 Å². The molecule has 0 bridgehead atoms. The lowest BCUT2D eigenvalue weighted by Gasteiger charge is -2.34. The molecule has 0 heterocycles. The van der Waals surface area contributed by atoms with Crippen LogP contribution in [0.25, 0.3) is 0 Å². The van der Waals surface area contributed by atoms with Gasteiger partial charge in [0.05, 0.1) is 29.1 Å². The molecule has 3 aromatic rings. The second kappa shape index (κ2) is 16.3. The second-order valence-electron chi connectivity index (χ2n) is 11.5. The monoisotopic (exact) mass is 673 g/mol. The number of halogens is 2. The number of sulfonamides is 1. The Morgan fingerprint density at radius 1 is 0.933 bits per heavy atom. The van der Waals surface area contributed by atoms with Gasteiger partial charge in [-0.05, 0) is 66.8 Å². The van der Waals surface area contributed by atoms with Crippen molar-refractivity contribution in [3.8, 4) is 5.75 Å². The van der Waals surface area contributed by atoms with Gasteiger partial charge in [-0.2, -0.15) is 0 Å². The minimum Gasteiger partial charge on any atom is -0.497 e. The number of amides is 2. The molecule has 3 aromatic carbocycles. The third kappa shape index (κ3) is 10.1. The Bertz CT molecular complexity index is 1530. The highest BCUT2D eigenvalue weighted by atomic mass is 35.5. The van der Waals surface area contributed by atoms with E-state index in [1.807, 2.05) is 30.3 Å². The van der Waals surface area contributed by atoms with Crippen LogP contribution in [0.15, 0.2) is 72.8 Å². The van der Waals surface area contributed by atoms with Gasteiger partial charge in [0.1, 0.15) is 11.8 Å². The van der Waals surface area contributed by atoms with Gasteiger partial charge in [-0.25, -0.2) is 8.42 Å². The lowest BCUT2D eigenvalue weighted by Crippen LogP contribution is -2.52. The van der Waals surface area contributed by atoms with Crippen LogP contribution >= 0.6 is 23.2 Å². The van der Waals surface area contributed by atoms with Crippen LogP contribution in [-0.2, 0) is 32.6 Å². The van der Waals surface area contributed by atoms with Crippen molar-refractivity contribution in [2.24, 2.45) is 0 Å². The predicted molar refractivity (Wildman–Crippen MR) is 180 cm³/mol. The number of nitrogens with zero attached hydrogens (tertiary/aromatic N) is 2. The van der Waals surface area contributed by atoms with Gasteiger partial charge in [0.15, 0.2) is 0 Å². The fraction of sp³-hybridized carbons (Fsp3) is 0.412. The van der Waals surface area contributed by atoms with E-state index in [2.05, 4.69) is 5.32 Å². The Hall–Kier alpha value is -3.27. The molecule has 0 radical (unpaired) electrons. The molecule has 0 saturated heterocycles. The molecule has 1 fully saturated rings. The van der Waals surface area contributed by atoms with E-state index in [9.17, 15) is 18.0 Å². The number of ether oxygens (including phenoxy) is 1. The van der Waals surface area contributed by atoms with E-state index in [0.29, 0.717) is 27.9 Å². The molecular weight excluding hydrogens is 633 g/mol. The number of carbonyl (C=O) groups excluding carboxylic acids is 2. The summed E-state index contributed by atoms with van der Waals surface area (Å²) in [6.07, 6.45) is 6.85. The summed E-state index contributed by atoms with van der Waals surface area (Å²) in [6.45, 7) is 0.231. The first-order chi connectivity index (χ1) is 21.5. The fourth-order valence-corrected chi connectivity index (χ4v) is 6.97. The zero-order valence-electron chi connectivity index (χ0n) is 25.8. The summed E-state index contributed by atoms with van der Waals surface area (Å²) >= 11 is 12.5. The van der Waals surface area contributed by atoms with Crippen LogP contribution in [-0.4, -0.2) is 57.1 Å². The summed E-state index contributed by atoms with van der Waals surface area (Å²) in [5.41, 5.74) is 2.14. The van der Waals surface area contributed by atoms with Gasteiger partial charge in [-0.3, -0.25) is 13.9 Å². The number of anilines is 1.